The maximum Gasteiger partial charge on any atom is 0.270 e. The van der Waals surface area contributed by atoms with Crippen LogP contribution < -0.4 is 10.6 Å². The molecule has 1 aromatic carbocycles. The highest BCUT2D eigenvalue weighted by Crippen LogP contribution is 2.19. The maximum atomic E-state index is 12.6. The van der Waals surface area contributed by atoms with Crippen LogP contribution in [0.25, 0.3) is 11.4 Å². The molecule has 2 N–H and O–H groups in total. The van der Waals surface area contributed by atoms with Gasteiger partial charge in [0.25, 0.3) is 5.91 Å². The summed E-state index contributed by atoms with van der Waals surface area (Å²) in [6, 6.07) is 11.4. The Kier molecular flexibility index (Phi) is 5.52. The normalized spacial score (nSPS) is 17.1. The summed E-state index contributed by atoms with van der Waals surface area (Å²) in [6.45, 7) is 7.32. The van der Waals surface area contributed by atoms with E-state index in [1.807, 2.05) is 51.1 Å². The van der Waals surface area contributed by atoms with Crippen molar-refractivity contribution < 1.29 is 9.53 Å². The molecular weight excluding hydrogens is 328 g/mol. The number of carbonyl (C=O) groups excluding carboxylic acids is 1. The van der Waals surface area contributed by atoms with Gasteiger partial charge in [-0.15, -0.1) is 0 Å². The van der Waals surface area contributed by atoms with Crippen molar-refractivity contribution in [2.24, 2.45) is 0 Å². The van der Waals surface area contributed by atoms with Crippen molar-refractivity contribution in [3.05, 3.63) is 42.1 Å². The Labute approximate surface area is 154 Å². The van der Waals surface area contributed by atoms with Gasteiger partial charge in [0.05, 0.1) is 6.10 Å². The van der Waals surface area contributed by atoms with Crippen LogP contribution >= 0.6 is 0 Å². The second-order valence-corrected chi connectivity index (χ2v) is 7.55. The summed E-state index contributed by atoms with van der Waals surface area (Å²) in [6.07, 6.45) is 2.32. The van der Waals surface area contributed by atoms with Crippen LogP contribution in [0.2, 0.25) is 0 Å². The second kappa shape index (κ2) is 7.83. The zero-order valence-corrected chi connectivity index (χ0v) is 15.6. The number of hydrogen-bond acceptors (Lipinski definition) is 5. The third-order valence-corrected chi connectivity index (χ3v) is 4.01. The fraction of sp³-hybridized carbons (Fsp3) is 0.450. The van der Waals surface area contributed by atoms with Gasteiger partial charge in [0.15, 0.2) is 5.82 Å². The minimum atomic E-state index is -0.333. The van der Waals surface area contributed by atoms with Crippen LogP contribution in [0.5, 0.6) is 0 Å². The van der Waals surface area contributed by atoms with E-state index in [1.165, 1.54) is 0 Å². The fourth-order valence-corrected chi connectivity index (χ4v) is 2.80. The number of carbonyl (C=O) groups is 1. The van der Waals surface area contributed by atoms with E-state index in [0.29, 0.717) is 23.9 Å². The molecule has 0 radical (unpaired) electrons. The number of nitrogens with zero attached hydrogens (tertiary/aromatic N) is 2. The standard InChI is InChI=1S/C20H26N4O2/c1-20(2,3)24-19(25)16-12-17(21-13-15-10-7-11-26-15)23-18(22-16)14-8-5-4-6-9-14/h4-6,8-9,12,15H,7,10-11,13H2,1-3H3,(H,24,25)(H,21,22,23). The van der Waals surface area contributed by atoms with Crippen molar-refractivity contribution in [2.75, 3.05) is 18.5 Å². The van der Waals surface area contributed by atoms with Crippen molar-refractivity contribution >= 4 is 11.7 Å². The molecule has 1 atom stereocenters. The summed E-state index contributed by atoms with van der Waals surface area (Å²) in [4.78, 5) is 21.7. The van der Waals surface area contributed by atoms with Crippen molar-refractivity contribution in [2.45, 2.75) is 45.3 Å². The van der Waals surface area contributed by atoms with Crippen molar-refractivity contribution in [3.63, 3.8) is 0 Å². The van der Waals surface area contributed by atoms with E-state index >= 15 is 0 Å². The lowest BCUT2D eigenvalue weighted by molar-refractivity contribution is 0.0914. The molecule has 2 aromatic rings. The monoisotopic (exact) mass is 354 g/mol. The molecule has 0 spiro atoms. The highest BCUT2D eigenvalue weighted by atomic mass is 16.5. The third-order valence-electron chi connectivity index (χ3n) is 4.01. The summed E-state index contributed by atoms with van der Waals surface area (Å²) < 4.78 is 5.65. The molecule has 3 rings (SSSR count). The van der Waals surface area contributed by atoms with E-state index in [2.05, 4.69) is 20.6 Å². The summed E-state index contributed by atoms with van der Waals surface area (Å²) in [5.41, 5.74) is 0.891. The van der Waals surface area contributed by atoms with Gasteiger partial charge in [-0.1, -0.05) is 30.3 Å². The van der Waals surface area contributed by atoms with Gasteiger partial charge in [0, 0.05) is 30.3 Å². The van der Waals surface area contributed by atoms with Crippen LogP contribution in [0.4, 0.5) is 5.82 Å². The van der Waals surface area contributed by atoms with Crippen LogP contribution in [0.3, 0.4) is 0 Å². The van der Waals surface area contributed by atoms with E-state index in [-0.39, 0.29) is 17.6 Å². The molecule has 1 amide bonds. The number of aromatic nitrogens is 2. The minimum absolute atomic E-state index is 0.192. The zero-order chi connectivity index (χ0) is 18.6. The summed E-state index contributed by atoms with van der Waals surface area (Å²) in [5.74, 6) is 0.952. The Bertz CT molecular complexity index is 750. The molecule has 1 fully saturated rings. The Hall–Kier alpha value is -2.47. The van der Waals surface area contributed by atoms with Gasteiger partial charge >= 0.3 is 0 Å². The molecule has 1 unspecified atom stereocenters. The molecule has 1 aliphatic rings. The number of amides is 1. The van der Waals surface area contributed by atoms with Gasteiger partial charge in [-0.25, -0.2) is 9.97 Å². The SMILES string of the molecule is CC(C)(C)NC(=O)c1cc(NCC2CCCO2)nc(-c2ccccc2)n1. The van der Waals surface area contributed by atoms with Gasteiger partial charge in [-0.3, -0.25) is 4.79 Å². The van der Waals surface area contributed by atoms with E-state index in [1.54, 1.807) is 6.07 Å². The van der Waals surface area contributed by atoms with Gasteiger partial charge in [-0.2, -0.15) is 0 Å². The number of rotatable bonds is 5. The predicted octanol–water partition coefficient (Wildman–Crippen LogP) is 3.26. The van der Waals surface area contributed by atoms with Crippen LogP contribution in [0.1, 0.15) is 44.1 Å². The molecule has 1 aromatic heterocycles. The number of hydrogen-bond donors (Lipinski definition) is 2. The predicted molar refractivity (Wildman–Crippen MR) is 102 cm³/mol. The minimum Gasteiger partial charge on any atom is -0.376 e. The lowest BCUT2D eigenvalue weighted by Gasteiger charge is -2.20. The molecule has 6 nitrogen and oxygen atoms in total. The first kappa shape index (κ1) is 18.3. The number of nitrogens with one attached hydrogen (secondary N) is 2. The first-order valence-electron chi connectivity index (χ1n) is 9.03. The van der Waals surface area contributed by atoms with E-state index in [9.17, 15) is 4.79 Å². The second-order valence-electron chi connectivity index (χ2n) is 7.55. The fourth-order valence-electron chi connectivity index (χ4n) is 2.80. The maximum absolute atomic E-state index is 12.6. The smallest absolute Gasteiger partial charge is 0.270 e. The lowest BCUT2D eigenvalue weighted by Crippen LogP contribution is -2.41. The number of ether oxygens (including phenoxy) is 1. The van der Waals surface area contributed by atoms with Crippen LogP contribution in [0, 0.1) is 0 Å². The molecule has 1 saturated heterocycles. The topological polar surface area (TPSA) is 76.1 Å². The van der Waals surface area contributed by atoms with E-state index < -0.39 is 0 Å². The molecule has 6 heteroatoms. The largest absolute Gasteiger partial charge is 0.376 e. The van der Waals surface area contributed by atoms with Gasteiger partial charge in [0.1, 0.15) is 11.5 Å². The van der Waals surface area contributed by atoms with Crippen LogP contribution in [-0.4, -0.2) is 40.7 Å². The summed E-state index contributed by atoms with van der Waals surface area (Å²) >= 11 is 0. The van der Waals surface area contributed by atoms with Crippen LogP contribution in [-0.2, 0) is 4.74 Å². The van der Waals surface area contributed by atoms with E-state index in [0.717, 1.165) is 25.0 Å². The molecule has 1 aliphatic heterocycles. The molecule has 0 aliphatic carbocycles. The van der Waals surface area contributed by atoms with Crippen molar-refractivity contribution in [1.29, 1.82) is 0 Å². The van der Waals surface area contributed by atoms with Gasteiger partial charge < -0.3 is 15.4 Å². The first-order chi connectivity index (χ1) is 12.4. The van der Waals surface area contributed by atoms with Gasteiger partial charge in [-0.05, 0) is 33.6 Å². The molecular formula is C20H26N4O2. The Morgan fingerprint density at radius 2 is 2.00 bits per heavy atom. The van der Waals surface area contributed by atoms with E-state index in [4.69, 9.17) is 4.74 Å². The first-order valence-corrected chi connectivity index (χ1v) is 9.03. The lowest BCUT2D eigenvalue weighted by atomic mass is 10.1. The average Bonchev–Trinajstić information content (AvgIpc) is 3.12. The summed E-state index contributed by atoms with van der Waals surface area (Å²) in [7, 11) is 0. The van der Waals surface area contributed by atoms with Crippen molar-refractivity contribution in [1.82, 2.24) is 15.3 Å². The van der Waals surface area contributed by atoms with Crippen LogP contribution in [0.15, 0.2) is 36.4 Å². The van der Waals surface area contributed by atoms with Gasteiger partial charge in [0.2, 0.25) is 0 Å². The Morgan fingerprint density at radius 3 is 2.65 bits per heavy atom. The highest BCUT2D eigenvalue weighted by Gasteiger charge is 2.20. The number of benzene rings is 1. The van der Waals surface area contributed by atoms with Crippen molar-refractivity contribution in [3.8, 4) is 11.4 Å². The quantitative estimate of drug-likeness (QED) is 0.862. The Morgan fingerprint density at radius 1 is 1.23 bits per heavy atom. The molecule has 2 heterocycles. The third kappa shape index (κ3) is 5.02. The molecule has 0 bridgehead atoms. The highest BCUT2D eigenvalue weighted by molar-refractivity contribution is 5.93. The Balaban J connectivity index is 1.87. The molecule has 26 heavy (non-hydrogen) atoms. The molecule has 0 saturated carbocycles. The zero-order valence-electron chi connectivity index (χ0n) is 15.6. The molecule has 138 valence electrons. The summed E-state index contributed by atoms with van der Waals surface area (Å²) in [5, 5.41) is 6.26. The number of anilines is 1. The average molecular weight is 354 g/mol.